The summed E-state index contributed by atoms with van der Waals surface area (Å²) in [5.74, 6) is -0.325. The van der Waals surface area contributed by atoms with Crippen molar-refractivity contribution < 1.29 is 14.6 Å². The summed E-state index contributed by atoms with van der Waals surface area (Å²) >= 11 is 0. The number of carboxylic acid groups (broad SMARTS) is 1. The largest absolute Gasteiger partial charge is 0.478 e. The van der Waals surface area contributed by atoms with E-state index >= 15 is 0 Å². The minimum absolute atomic E-state index is 0.358. The van der Waals surface area contributed by atoms with Gasteiger partial charge in [-0.3, -0.25) is 0 Å². The first-order valence-electron chi connectivity index (χ1n) is 6.99. The van der Waals surface area contributed by atoms with Crippen LogP contribution < -0.4 is 4.74 Å². The highest BCUT2D eigenvalue weighted by Crippen LogP contribution is 2.21. The summed E-state index contributed by atoms with van der Waals surface area (Å²) in [6.07, 6.45) is -0.524. The number of hydrogen-bond donors (Lipinski definition) is 1. The molecule has 0 radical (unpaired) electrons. The predicted octanol–water partition coefficient (Wildman–Crippen LogP) is 3.69. The first kappa shape index (κ1) is 15.1. The molecule has 3 heteroatoms. The molecule has 110 valence electrons. The maximum absolute atomic E-state index is 11.5. The van der Waals surface area contributed by atoms with Gasteiger partial charge in [-0.1, -0.05) is 36.4 Å². The molecule has 0 aliphatic carbocycles. The van der Waals surface area contributed by atoms with Crippen molar-refractivity contribution in [1.29, 1.82) is 0 Å². The molecule has 0 spiro atoms. The molecule has 2 aromatic carbocycles. The Labute approximate surface area is 125 Å². The molecule has 2 rings (SSSR count). The van der Waals surface area contributed by atoms with Crippen LogP contribution in [0.15, 0.2) is 42.5 Å². The number of ether oxygens (including phenoxy) is 1. The minimum Gasteiger partial charge on any atom is -0.478 e. The van der Waals surface area contributed by atoms with Gasteiger partial charge in [-0.15, -0.1) is 0 Å². The third-order valence-corrected chi connectivity index (χ3v) is 3.76. The van der Waals surface area contributed by atoms with Gasteiger partial charge in [0.1, 0.15) is 5.75 Å². The second-order valence-electron chi connectivity index (χ2n) is 5.27. The quantitative estimate of drug-likeness (QED) is 0.911. The monoisotopic (exact) mass is 284 g/mol. The van der Waals surface area contributed by atoms with Crippen molar-refractivity contribution in [2.24, 2.45) is 0 Å². The summed E-state index contributed by atoms with van der Waals surface area (Å²) in [5.41, 5.74) is 4.23. The Morgan fingerprint density at radius 2 is 1.71 bits per heavy atom. The van der Waals surface area contributed by atoms with Crippen LogP contribution in [0.2, 0.25) is 0 Å². The average molecular weight is 284 g/mol. The van der Waals surface area contributed by atoms with Crippen molar-refractivity contribution in [1.82, 2.24) is 0 Å². The summed E-state index contributed by atoms with van der Waals surface area (Å²) in [7, 11) is 0. The van der Waals surface area contributed by atoms with Crippen molar-refractivity contribution in [3.63, 3.8) is 0 Å². The zero-order valence-electron chi connectivity index (χ0n) is 12.6. The molecule has 2 aromatic rings. The lowest BCUT2D eigenvalue weighted by Crippen LogP contribution is -2.30. The molecule has 0 amide bonds. The van der Waals surface area contributed by atoms with Crippen LogP contribution in [0.1, 0.15) is 22.3 Å². The molecule has 0 bridgehead atoms. The van der Waals surface area contributed by atoms with Gasteiger partial charge in [-0.25, -0.2) is 4.79 Å². The van der Waals surface area contributed by atoms with Gasteiger partial charge < -0.3 is 9.84 Å². The van der Waals surface area contributed by atoms with Gasteiger partial charge in [-0.2, -0.15) is 0 Å². The highest BCUT2D eigenvalue weighted by Gasteiger charge is 2.21. The lowest BCUT2D eigenvalue weighted by atomic mass is 9.98. The summed E-state index contributed by atoms with van der Waals surface area (Å²) < 4.78 is 5.71. The zero-order valence-corrected chi connectivity index (χ0v) is 12.6. The Morgan fingerprint density at radius 3 is 2.38 bits per heavy atom. The molecule has 1 unspecified atom stereocenters. The van der Waals surface area contributed by atoms with Crippen molar-refractivity contribution in [3.8, 4) is 5.75 Å². The fourth-order valence-corrected chi connectivity index (χ4v) is 2.25. The number of hydrogen-bond acceptors (Lipinski definition) is 2. The molecule has 21 heavy (non-hydrogen) atoms. The third-order valence-electron chi connectivity index (χ3n) is 3.76. The SMILES string of the molecule is Cc1ccccc1OC(Cc1cccc(C)c1C)C(=O)O. The maximum atomic E-state index is 11.5. The molecule has 0 fully saturated rings. The normalized spacial score (nSPS) is 12.0. The van der Waals surface area contributed by atoms with E-state index in [-0.39, 0.29) is 0 Å². The molecule has 0 saturated carbocycles. The Morgan fingerprint density at radius 1 is 1.05 bits per heavy atom. The highest BCUT2D eigenvalue weighted by molar-refractivity contribution is 5.73. The molecule has 3 nitrogen and oxygen atoms in total. The van der Waals surface area contributed by atoms with Gasteiger partial charge in [0.15, 0.2) is 6.10 Å². The Hall–Kier alpha value is -2.29. The topological polar surface area (TPSA) is 46.5 Å². The van der Waals surface area contributed by atoms with E-state index in [9.17, 15) is 9.90 Å². The van der Waals surface area contributed by atoms with E-state index in [1.807, 2.05) is 57.2 Å². The van der Waals surface area contributed by atoms with E-state index in [1.54, 1.807) is 6.07 Å². The molecule has 0 aliphatic heterocycles. The number of carbonyl (C=O) groups is 1. The lowest BCUT2D eigenvalue weighted by Gasteiger charge is -2.18. The van der Waals surface area contributed by atoms with Gasteiger partial charge in [0.25, 0.3) is 0 Å². The average Bonchev–Trinajstić information content (AvgIpc) is 2.45. The number of aliphatic carboxylic acids is 1. The Bertz CT molecular complexity index is 647. The number of carboxylic acids is 1. The van der Waals surface area contributed by atoms with E-state index in [1.165, 1.54) is 0 Å². The van der Waals surface area contributed by atoms with Gasteiger partial charge >= 0.3 is 5.97 Å². The van der Waals surface area contributed by atoms with Crippen LogP contribution in [0.4, 0.5) is 0 Å². The summed E-state index contributed by atoms with van der Waals surface area (Å²) in [4.78, 5) is 11.5. The predicted molar refractivity (Wildman–Crippen MR) is 82.9 cm³/mol. The summed E-state index contributed by atoms with van der Waals surface area (Å²) in [5, 5.41) is 9.42. The smallest absolute Gasteiger partial charge is 0.345 e. The minimum atomic E-state index is -0.945. The van der Waals surface area contributed by atoms with E-state index in [0.29, 0.717) is 12.2 Å². The lowest BCUT2D eigenvalue weighted by molar-refractivity contribution is -0.145. The third kappa shape index (κ3) is 3.63. The first-order chi connectivity index (χ1) is 9.99. The van der Waals surface area contributed by atoms with Crippen LogP contribution in [0.3, 0.4) is 0 Å². The second-order valence-corrected chi connectivity index (χ2v) is 5.27. The Balaban J connectivity index is 2.22. The summed E-state index contributed by atoms with van der Waals surface area (Å²) in [6.45, 7) is 5.94. The van der Waals surface area contributed by atoms with Crippen LogP contribution in [0.25, 0.3) is 0 Å². The van der Waals surface area contributed by atoms with Crippen LogP contribution in [0, 0.1) is 20.8 Å². The van der Waals surface area contributed by atoms with Crippen LogP contribution in [-0.2, 0) is 11.2 Å². The molecule has 0 aromatic heterocycles. The molecular formula is C18H20O3. The molecule has 1 atom stereocenters. The fraction of sp³-hybridized carbons (Fsp3) is 0.278. The van der Waals surface area contributed by atoms with Crippen LogP contribution >= 0.6 is 0 Å². The standard InChI is InChI=1S/C18H20O3/c1-12-8-6-9-15(14(12)3)11-17(18(19)20)21-16-10-5-4-7-13(16)2/h4-10,17H,11H2,1-3H3,(H,19,20). The molecule has 0 heterocycles. The van der Waals surface area contributed by atoms with E-state index in [2.05, 4.69) is 0 Å². The Kier molecular flexibility index (Phi) is 4.63. The number of aryl methyl sites for hydroxylation is 2. The maximum Gasteiger partial charge on any atom is 0.345 e. The van der Waals surface area contributed by atoms with E-state index < -0.39 is 12.1 Å². The van der Waals surface area contributed by atoms with Crippen molar-refractivity contribution in [3.05, 3.63) is 64.7 Å². The van der Waals surface area contributed by atoms with Gasteiger partial charge in [-0.05, 0) is 49.1 Å². The van der Waals surface area contributed by atoms with Gasteiger partial charge in [0.2, 0.25) is 0 Å². The second kappa shape index (κ2) is 6.44. The molecule has 1 N–H and O–H groups in total. The van der Waals surface area contributed by atoms with E-state index in [4.69, 9.17) is 4.74 Å². The number of para-hydroxylation sites is 1. The van der Waals surface area contributed by atoms with Gasteiger partial charge in [0, 0.05) is 6.42 Å². The first-order valence-corrected chi connectivity index (χ1v) is 6.99. The van der Waals surface area contributed by atoms with Gasteiger partial charge in [0.05, 0.1) is 0 Å². The number of benzene rings is 2. The molecule has 0 saturated heterocycles. The van der Waals surface area contributed by atoms with Crippen LogP contribution in [-0.4, -0.2) is 17.2 Å². The van der Waals surface area contributed by atoms with Crippen molar-refractivity contribution >= 4 is 5.97 Å². The summed E-state index contributed by atoms with van der Waals surface area (Å²) in [6, 6.07) is 13.4. The van der Waals surface area contributed by atoms with E-state index in [0.717, 1.165) is 22.3 Å². The fourth-order valence-electron chi connectivity index (χ4n) is 2.25. The zero-order chi connectivity index (χ0) is 15.4. The highest BCUT2D eigenvalue weighted by atomic mass is 16.5. The van der Waals surface area contributed by atoms with Crippen molar-refractivity contribution in [2.75, 3.05) is 0 Å². The van der Waals surface area contributed by atoms with Crippen molar-refractivity contribution in [2.45, 2.75) is 33.3 Å². The number of rotatable bonds is 5. The molecule has 0 aliphatic rings. The van der Waals surface area contributed by atoms with Crippen LogP contribution in [0.5, 0.6) is 5.75 Å². The molecular weight excluding hydrogens is 264 g/mol.